The molecule has 3 amide bonds. The number of hydrogen-bond donors (Lipinski definition) is 0. The van der Waals surface area contributed by atoms with Crippen molar-refractivity contribution >= 4 is 34.2 Å². The van der Waals surface area contributed by atoms with Crippen LogP contribution in [0, 0.1) is 6.92 Å². The first kappa shape index (κ1) is 26.6. The molecule has 1 saturated heterocycles. The number of ether oxygens (including phenoxy) is 2. The van der Waals surface area contributed by atoms with Gasteiger partial charge in [0, 0.05) is 66.4 Å². The molecular formula is C33H31N7O4. The van der Waals surface area contributed by atoms with Crippen LogP contribution >= 0.6 is 0 Å². The number of hydrogen-bond acceptors (Lipinski definition) is 8. The van der Waals surface area contributed by atoms with Gasteiger partial charge in [-0.15, -0.1) is 0 Å². The fourth-order valence-electron chi connectivity index (χ4n) is 6.11. The average molecular weight is 590 g/mol. The second-order valence-electron chi connectivity index (χ2n) is 11.9. The highest BCUT2D eigenvalue weighted by atomic mass is 16.5. The second kappa shape index (κ2) is 10.0. The standard InChI is InChI=1S/C33H31N7O4/c1-18-8-9-34-31(35-18)25-13-24(25)26-7-6-23-27(37-26)11-22(12-29(23)43-3)44-17-21-15-39-14-20(19-4-5-19)10-28(32(39)36-21)40-16-30(41)38(2)33(40)42/h6-12,14-15,19,24-25H,4-5,13,16-17H2,1-3H3/t24-,25-/m0/s1. The lowest BCUT2D eigenvalue weighted by Gasteiger charge is -2.17. The number of anilines is 1. The van der Waals surface area contributed by atoms with Gasteiger partial charge in [0.2, 0.25) is 5.91 Å². The van der Waals surface area contributed by atoms with Crippen LogP contribution < -0.4 is 14.4 Å². The Bertz CT molecular complexity index is 1980. The number of methoxy groups -OCH3 is 1. The molecule has 11 heteroatoms. The molecule has 222 valence electrons. The maximum absolute atomic E-state index is 12.9. The molecule has 1 aromatic carbocycles. The summed E-state index contributed by atoms with van der Waals surface area (Å²) in [5.74, 6) is 2.95. The van der Waals surface area contributed by atoms with Gasteiger partial charge in [-0.2, -0.15) is 0 Å². The van der Waals surface area contributed by atoms with Crippen LogP contribution in [0.4, 0.5) is 10.5 Å². The van der Waals surface area contributed by atoms with E-state index in [2.05, 4.69) is 28.3 Å². The molecule has 0 unspecified atom stereocenters. The average Bonchev–Trinajstić information content (AvgIpc) is 3.96. The van der Waals surface area contributed by atoms with Crippen LogP contribution in [-0.4, -0.2) is 61.9 Å². The second-order valence-corrected chi connectivity index (χ2v) is 11.9. The molecule has 2 aliphatic carbocycles. The molecule has 1 aliphatic heterocycles. The summed E-state index contributed by atoms with van der Waals surface area (Å²) in [6.45, 7) is 2.19. The predicted molar refractivity (Wildman–Crippen MR) is 162 cm³/mol. The number of amides is 3. The molecule has 2 saturated carbocycles. The van der Waals surface area contributed by atoms with E-state index in [1.54, 1.807) is 7.11 Å². The topological polar surface area (TPSA) is 115 Å². The lowest BCUT2D eigenvalue weighted by atomic mass is 10.1. The van der Waals surface area contributed by atoms with E-state index in [4.69, 9.17) is 19.4 Å². The van der Waals surface area contributed by atoms with Gasteiger partial charge >= 0.3 is 6.03 Å². The molecule has 44 heavy (non-hydrogen) atoms. The van der Waals surface area contributed by atoms with Crippen LogP contribution in [0.3, 0.4) is 0 Å². The third kappa shape index (κ3) is 4.59. The van der Waals surface area contributed by atoms with Crippen molar-refractivity contribution < 1.29 is 19.1 Å². The quantitative estimate of drug-likeness (QED) is 0.229. The Morgan fingerprint density at radius 2 is 1.86 bits per heavy atom. The van der Waals surface area contributed by atoms with Crippen molar-refractivity contribution in [2.45, 2.75) is 50.5 Å². The monoisotopic (exact) mass is 589 g/mol. The number of imidazole rings is 1. The Hall–Kier alpha value is -5.06. The minimum atomic E-state index is -0.343. The highest BCUT2D eigenvalue weighted by molar-refractivity contribution is 6.13. The lowest BCUT2D eigenvalue weighted by molar-refractivity contribution is -0.123. The summed E-state index contributed by atoms with van der Waals surface area (Å²) in [5, 5.41) is 0.910. The van der Waals surface area contributed by atoms with E-state index in [9.17, 15) is 9.59 Å². The normalized spacial score (nSPS) is 19.8. The van der Waals surface area contributed by atoms with Crippen molar-refractivity contribution in [2.75, 3.05) is 25.6 Å². The Morgan fingerprint density at radius 1 is 1.00 bits per heavy atom. The smallest absolute Gasteiger partial charge is 0.331 e. The Morgan fingerprint density at radius 3 is 2.61 bits per heavy atom. The van der Waals surface area contributed by atoms with Crippen molar-refractivity contribution in [2.24, 2.45) is 0 Å². The zero-order valence-electron chi connectivity index (χ0n) is 24.7. The number of urea groups is 1. The minimum absolute atomic E-state index is 0.00327. The van der Waals surface area contributed by atoms with Gasteiger partial charge in [0.25, 0.3) is 0 Å². The summed E-state index contributed by atoms with van der Waals surface area (Å²) in [5.41, 5.74) is 5.86. The first-order valence-electron chi connectivity index (χ1n) is 14.9. The number of benzene rings is 1. The number of carbonyl (C=O) groups is 2. The number of pyridine rings is 2. The molecule has 0 bridgehead atoms. The van der Waals surface area contributed by atoms with Gasteiger partial charge in [-0.3, -0.25) is 19.6 Å². The number of carbonyl (C=O) groups excluding carboxylic acids is 2. The number of rotatable bonds is 8. The molecule has 0 spiro atoms. The van der Waals surface area contributed by atoms with E-state index in [1.807, 2.05) is 48.0 Å². The van der Waals surface area contributed by atoms with Gasteiger partial charge in [0.15, 0.2) is 5.65 Å². The van der Waals surface area contributed by atoms with Crippen molar-refractivity contribution in [1.82, 2.24) is 29.2 Å². The molecule has 5 heterocycles. The summed E-state index contributed by atoms with van der Waals surface area (Å²) >= 11 is 0. The van der Waals surface area contributed by atoms with Gasteiger partial charge in [0.1, 0.15) is 30.5 Å². The molecule has 3 aliphatic rings. The van der Waals surface area contributed by atoms with Crippen LogP contribution in [0.1, 0.15) is 65.5 Å². The first-order chi connectivity index (χ1) is 21.4. The number of aryl methyl sites for hydroxylation is 1. The third-order valence-corrected chi connectivity index (χ3v) is 8.81. The van der Waals surface area contributed by atoms with E-state index < -0.39 is 0 Å². The Labute approximate surface area is 253 Å². The molecule has 0 N–H and O–H groups in total. The highest BCUT2D eigenvalue weighted by Crippen LogP contribution is 2.53. The largest absolute Gasteiger partial charge is 0.496 e. The van der Waals surface area contributed by atoms with E-state index in [0.29, 0.717) is 34.4 Å². The SMILES string of the molecule is COc1cc(OCc2cn3cc(C4CC4)cc(N4CC(=O)N(C)C4=O)c3n2)cc2nc([C@H]3C[C@@H]3c3nccc(C)n3)ccc12. The van der Waals surface area contributed by atoms with Crippen molar-refractivity contribution in [3.63, 3.8) is 0 Å². The maximum Gasteiger partial charge on any atom is 0.331 e. The summed E-state index contributed by atoms with van der Waals surface area (Å²) in [4.78, 5) is 46.7. The van der Waals surface area contributed by atoms with Crippen molar-refractivity contribution in [1.29, 1.82) is 0 Å². The van der Waals surface area contributed by atoms with E-state index in [-0.39, 0.29) is 36.9 Å². The van der Waals surface area contributed by atoms with Gasteiger partial charge in [-0.05, 0) is 61.9 Å². The van der Waals surface area contributed by atoms with Gasteiger partial charge in [-0.1, -0.05) is 0 Å². The summed E-state index contributed by atoms with van der Waals surface area (Å²) < 4.78 is 13.9. The highest BCUT2D eigenvalue weighted by Gasteiger charge is 2.43. The summed E-state index contributed by atoms with van der Waals surface area (Å²) in [7, 11) is 3.15. The van der Waals surface area contributed by atoms with Crippen LogP contribution in [0.5, 0.6) is 11.5 Å². The molecule has 3 fully saturated rings. The van der Waals surface area contributed by atoms with E-state index >= 15 is 0 Å². The fraction of sp³-hybridized carbons (Fsp3) is 0.333. The number of aromatic nitrogens is 5. The molecule has 0 radical (unpaired) electrons. The Kier molecular flexibility index (Phi) is 6.04. The van der Waals surface area contributed by atoms with Gasteiger partial charge in [0.05, 0.1) is 24.0 Å². The zero-order valence-corrected chi connectivity index (χ0v) is 24.7. The molecule has 8 rings (SSSR count). The number of nitrogens with zero attached hydrogens (tertiary/aromatic N) is 7. The number of fused-ring (bicyclic) bond motifs is 2. The predicted octanol–water partition coefficient (Wildman–Crippen LogP) is 5.12. The Balaban J connectivity index is 1.07. The van der Waals surface area contributed by atoms with Crippen molar-refractivity contribution in [3.8, 4) is 11.5 Å². The van der Waals surface area contributed by atoms with Gasteiger partial charge in [-0.25, -0.2) is 19.7 Å². The van der Waals surface area contributed by atoms with E-state index in [1.165, 1.54) is 11.9 Å². The van der Waals surface area contributed by atoms with Crippen molar-refractivity contribution in [3.05, 3.63) is 83.5 Å². The lowest BCUT2D eigenvalue weighted by Crippen LogP contribution is -2.30. The minimum Gasteiger partial charge on any atom is -0.496 e. The van der Waals surface area contributed by atoms with Crippen LogP contribution in [0.15, 0.2) is 55.0 Å². The van der Waals surface area contributed by atoms with E-state index in [0.717, 1.165) is 57.8 Å². The molecule has 4 aromatic heterocycles. The molecule has 11 nitrogen and oxygen atoms in total. The number of likely N-dealkylation sites (N-methyl/N-ethyl adjacent to an activating group) is 1. The molecule has 2 atom stereocenters. The molecule has 5 aromatic rings. The van der Waals surface area contributed by atoms with Crippen LogP contribution in [0.2, 0.25) is 0 Å². The van der Waals surface area contributed by atoms with Crippen LogP contribution in [0.25, 0.3) is 16.6 Å². The third-order valence-electron chi connectivity index (χ3n) is 8.81. The summed E-state index contributed by atoms with van der Waals surface area (Å²) in [6.07, 6.45) is 9.01. The molecular weight excluding hydrogens is 558 g/mol. The van der Waals surface area contributed by atoms with Crippen LogP contribution in [-0.2, 0) is 11.4 Å². The van der Waals surface area contributed by atoms with Gasteiger partial charge < -0.3 is 13.9 Å². The maximum atomic E-state index is 12.9. The number of imide groups is 1. The zero-order chi connectivity index (χ0) is 30.1. The first-order valence-corrected chi connectivity index (χ1v) is 14.9. The summed E-state index contributed by atoms with van der Waals surface area (Å²) in [6, 6.07) is 11.5. The fourth-order valence-corrected chi connectivity index (χ4v) is 6.11.